The highest BCUT2D eigenvalue weighted by atomic mass is 32.2. The van der Waals surface area contributed by atoms with Crippen LogP contribution in [0.3, 0.4) is 0 Å². The average molecular weight is 381 g/mol. The van der Waals surface area contributed by atoms with Gasteiger partial charge in [0.15, 0.2) is 0 Å². The van der Waals surface area contributed by atoms with Gasteiger partial charge in [-0.25, -0.2) is 8.42 Å². The van der Waals surface area contributed by atoms with E-state index in [0.29, 0.717) is 24.5 Å². The maximum atomic E-state index is 13.1. The molecule has 144 valence electrons. The molecule has 2 bridgehead atoms. The SMILES string of the molecule is CNC(=O)c1ccn(C2CCCN(S(=O)(=O)CC34CCC(CC3)C4)C2)n1. The summed E-state index contributed by atoms with van der Waals surface area (Å²) < 4.78 is 29.6. The molecule has 26 heavy (non-hydrogen) atoms. The van der Waals surface area contributed by atoms with Crippen molar-refractivity contribution in [2.45, 2.75) is 51.0 Å². The molecule has 1 aromatic rings. The number of amides is 1. The second-order valence-corrected chi connectivity index (χ2v) is 10.3. The molecule has 2 saturated carbocycles. The number of piperidine rings is 1. The van der Waals surface area contributed by atoms with E-state index in [1.807, 2.05) is 0 Å². The maximum Gasteiger partial charge on any atom is 0.271 e. The molecule has 1 aromatic heterocycles. The summed E-state index contributed by atoms with van der Waals surface area (Å²) in [5.41, 5.74) is 0.406. The molecule has 0 radical (unpaired) electrons. The highest BCUT2D eigenvalue weighted by molar-refractivity contribution is 7.89. The lowest BCUT2D eigenvalue weighted by Gasteiger charge is -2.35. The number of nitrogens with one attached hydrogen (secondary N) is 1. The highest BCUT2D eigenvalue weighted by Gasteiger charge is 2.48. The number of sulfonamides is 1. The van der Waals surface area contributed by atoms with Crippen LogP contribution in [0.15, 0.2) is 12.3 Å². The smallest absolute Gasteiger partial charge is 0.271 e. The lowest BCUT2D eigenvalue weighted by molar-refractivity contribution is 0.0956. The van der Waals surface area contributed by atoms with Gasteiger partial charge in [-0.1, -0.05) is 0 Å². The van der Waals surface area contributed by atoms with E-state index in [0.717, 1.165) is 38.0 Å². The normalized spacial score (nSPS) is 32.0. The van der Waals surface area contributed by atoms with Crippen LogP contribution in [-0.4, -0.2) is 54.3 Å². The fourth-order valence-electron chi connectivity index (χ4n) is 5.17. The Morgan fingerprint density at radius 1 is 1.35 bits per heavy atom. The number of rotatable bonds is 5. The fraction of sp³-hybridized carbons (Fsp3) is 0.778. The minimum atomic E-state index is -3.25. The predicted octanol–water partition coefficient (Wildman–Crippen LogP) is 1.79. The van der Waals surface area contributed by atoms with E-state index in [9.17, 15) is 13.2 Å². The van der Waals surface area contributed by atoms with Crippen LogP contribution < -0.4 is 5.32 Å². The van der Waals surface area contributed by atoms with Crippen LogP contribution in [-0.2, 0) is 10.0 Å². The lowest BCUT2D eigenvalue weighted by Crippen LogP contribution is -2.44. The molecule has 2 heterocycles. The summed E-state index contributed by atoms with van der Waals surface area (Å²) in [6, 6.07) is 1.68. The lowest BCUT2D eigenvalue weighted by atomic mass is 9.87. The number of fused-ring (bicyclic) bond motifs is 2. The third kappa shape index (κ3) is 3.29. The summed E-state index contributed by atoms with van der Waals surface area (Å²) >= 11 is 0. The first-order valence-electron chi connectivity index (χ1n) is 9.66. The van der Waals surface area contributed by atoms with Crippen molar-refractivity contribution in [2.75, 3.05) is 25.9 Å². The second kappa shape index (κ2) is 6.64. The predicted molar refractivity (Wildman–Crippen MR) is 98.3 cm³/mol. The van der Waals surface area contributed by atoms with E-state index in [1.54, 1.807) is 28.3 Å². The average Bonchev–Trinajstić information content (AvgIpc) is 3.36. The molecule has 3 fully saturated rings. The monoisotopic (exact) mass is 380 g/mol. The van der Waals surface area contributed by atoms with Crippen molar-refractivity contribution < 1.29 is 13.2 Å². The number of hydrogen-bond acceptors (Lipinski definition) is 4. The Morgan fingerprint density at radius 2 is 2.12 bits per heavy atom. The first-order chi connectivity index (χ1) is 12.4. The van der Waals surface area contributed by atoms with Crippen LogP contribution in [0.2, 0.25) is 0 Å². The van der Waals surface area contributed by atoms with Crippen molar-refractivity contribution in [1.29, 1.82) is 0 Å². The second-order valence-electron chi connectivity index (χ2n) is 8.32. The minimum absolute atomic E-state index is 0.00524. The Bertz CT molecular complexity index is 780. The number of hydrogen-bond donors (Lipinski definition) is 1. The van der Waals surface area contributed by atoms with Gasteiger partial charge in [-0.3, -0.25) is 9.48 Å². The van der Waals surface area contributed by atoms with Crippen LogP contribution in [0.1, 0.15) is 61.5 Å². The van der Waals surface area contributed by atoms with Crippen molar-refractivity contribution in [1.82, 2.24) is 19.4 Å². The molecule has 3 aliphatic rings. The third-order valence-electron chi connectivity index (χ3n) is 6.57. The fourth-order valence-corrected chi connectivity index (χ4v) is 7.34. The molecule has 2 aliphatic carbocycles. The zero-order chi connectivity index (χ0) is 18.4. The number of aromatic nitrogens is 2. The van der Waals surface area contributed by atoms with Gasteiger partial charge in [0, 0.05) is 26.3 Å². The largest absolute Gasteiger partial charge is 0.354 e. The summed E-state index contributed by atoms with van der Waals surface area (Å²) in [5, 5.41) is 6.91. The molecule has 7 nitrogen and oxygen atoms in total. The van der Waals surface area contributed by atoms with E-state index in [1.165, 1.54) is 12.8 Å². The summed E-state index contributed by atoms with van der Waals surface area (Å²) in [6.45, 7) is 1.05. The van der Waals surface area contributed by atoms with Crippen molar-refractivity contribution in [3.8, 4) is 0 Å². The van der Waals surface area contributed by atoms with Gasteiger partial charge in [0.1, 0.15) is 5.69 Å². The van der Waals surface area contributed by atoms with Crippen LogP contribution in [0, 0.1) is 11.3 Å². The van der Waals surface area contributed by atoms with Gasteiger partial charge in [-0.15, -0.1) is 0 Å². The van der Waals surface area contributed by atoms with Crippen LogP contribution in [0.25, 0.3) is 0 Å². The first-order valence-corrected chi connectivity index (χ1v) is 11.3. The van der Waals surface area contributed by atoms with Crippen molar-refractivity contribution in [2.24, 2.45) is 11.3 Å². The number of nitrogens with zero attached hydrogens (tertiary/aromatic N) is 3. The molecule has 1 amide bonds. The van der Waals surface area contributed by atoms with Gasteiger partial charge in [0.05, 0.1) is 11.8 Å². The minimum Gasteiger partial charge on any atom is -0.354 e. The summed E-state index contributed by atoms with van der Waals surface area (Å²) in [5.74, 6) is 0.845. The molecule has 0 aromatic carbocycles. The van der Waals surface area contributed by atoms with Crippen LogP contribution in [0.4, 0.5) is 0 Å². The van der Waals surface area contributed by atoms with Crippen molar-refractivity contribution in [3.63, 3.8) is 0 Å². The van der Waals surface area contributed by atoms with E-state index < -0.39 is 10.0 Å². The van der Waals surface area contributed by atoms with Gasteiger partial charge in [-0.2, -0.15) is 9.40 Å². The highest BCUT2D eigenvalue weighted by Crippen LogP contribution is 2.54. The van der Waals surface area contributed by atoms with E-state index in [4.69, 9.17) is 0 Å². The summed E-state index contributed by atoms with van der Waals surface area (Å²) in [4.78, 5) is 11.7. The third-order valence-corrected chi connectivity index (χ3v) is 8.67. The van der Waals surface area contributed by atoms with Gasteiger partial charge >= 0.3 is 0 Å². The quantitative estimate of drug-likeness (QED) is 0.844. The zero-order valence-corrected chi connectivity index (χ0v) is 16.2. The molecule has 0 spiro atoms. The van der Waals surface area contributed by atoms with Crippen LogP contribution >= 0.6 is 0 Å². The molecule has 1 atom stereocenters. The molecule has 8 heteroatoms. The van der Waals surface area contributed by atoms with Gasteiger partial charge < -0.3 is 5.32 Å². The van der Waals surface area contributed by atoms with Crippen LogP contribution in [0.5, 0.6) is 0 Å². The zero-order valence-electron chi connectivity index (χ0n) is 15.4. The Balaban J connectivity index is 1.46. The van der Waals surface area contributed by atoms with Gasteiger partial charge in [0.25, 0.3) is 5.91 Å². The molecule has 4 rings (SSSR count). The number of carbonyl (C=O) groups is 1. The van der Waals surface area contributed by atoms with E-state index >= 15 is 0 Å². The summed E-state index contributed by atoms with van der Waals surface area (Å²) in [7, 11) is -1.68. The molecule has 1 aliphatic heterocycles. The van der Waals surface area contributed by atoms with Gasteiger partial charge in [0.2, 0.25) is 10.0 Å². The molecule has 1 N–H and O–H groups in total. The summed E-state index contributed by atoms with van der Waals surface area (Å²) in [6.07, 6.45) is 9.14. The maximum absolute atomic E-state index is 13.1. The van der Waals surface area contributed by atoms with E-state index in [2.05, 4.69) is 10.4 Å². The molecule has 1 unspecified atom stereocenters. The Kier molecular flexibility index (Phi) is 4.59. The van der Waals surface area contributed by atoms with E-state index in [-0.39, 0.29) is 17.4 Å². The Morgan fingerprint density at radius 3 is 2.77 bits per heavy atom. The molecular formula is C18H28N4O3S. The van der Waals surface area contributed by atoms with Crippen molar-refractivity contribution >= 4 is 15.9 Å². The molecule has 1 saturated heterocycles. The number of carbonyl (C=O) groups excluding carboxylic acids is 1. The first kappa shape index (κ1) is 18.0. The van der Waals surface area contributed by atoms with Gasteiger partial charge in [-0.05, 0) is 62.3 Å². The Labute approximate surface area is 155 Å². The Hall–Kier alpha value is -1.41. The topological polar surface area (TPSA) is 84.3 Å². The molecular weight excluding hydrogens is 352 g/mol. The van der Waals surface area contributed by atoms with Crippen molar-refractivity contribution in [3.05, 3.63) is 18.0 Å². The standard InChI is InChI=1S/C18H28N4O3S/c1-19-17(23)16-6-10-22(20-16)15-3-2-9-21(12-15)26(24,25)13-18-7-4-14(11-18)5-8-18/h6,10,14-15H,2-5,7-9,11-13H2,1H3,(H,19,23).